The Balaban J connectivity index is 1.91. The first-order valence-electron chi connectivity index (χ1n) is 6.36. The van der Waals surface area contributed by atoms with Gasteiger partial charge in [0.05, 0.1) is 6.04 Å². The Hall–Kier alpha value is -1.52. The molecular weight excluding hydrogens is 292 g/mol. The SMILES string of the molecule is CC(c1cccs1)N(C)C(=O)NCc1cccc(Cl)c1. The molecular formula is C15H17ClN2OS. The quantitative estimate of drug-likeness (QED) is 0.897. The van der Waals surface area contributed by atoms with Crippen molar-refractivity contribution in [1.29, 1.82) is 0 Å². The van der Waals surface area contributed by atoms with E-state index in [2.05, 4.69) is 5.32 Å². The number of carbonyl (C=O) groups is 1. The molecule has 5 heteroatoms. The van der Waals surface area contributed by atoms with Gasteiger partial charge in [-0.3, -0.25) is 0 Å². The third-order valence-corrected chi connectivity index (χ3v) is 4.47. The molecule has 0 radical (unpaired) electrons. The molecule has 0 bridgehead atoms. The Morgan fingerprint density at radius 2 is 2.20 bits per heavy atom. The molecule has 1 aromatic carbocycles. The second-order valence-electron chi connectivity index (χ2n) is 4.59. The summed E-state index contributed by atoms with van der Waals surface area (Å²) in [6, 6.07) is 11.5. The van der Waals surface area contributed by atoms with E-state index in [0.29, 0.717) is 11.6 Å². The van der Waals surface area contributed by atoms with Crippen molar-refractivity contribution in [3.63, 3.8) is 0 Å². The van der Waals surface area contributed by atoms with Crippen molar-refractivity contribution in [3.8, 4) is 0 Å². The summed E-state index contributed by atoms with van der Waals surface area (Å²) in [5.74, 6) is 0. The van der Waals surface area contributed by atoms with Crippen LogP contribution in [0.3, 0.4) is 0 Å². The highest BCUT2D eigenvalue weighted by Gasteiger charge is 2.17. The fourth-order valence-electron chi connectivity index (χ4n) is 1.85. The molecule has 20 heavy (non-hydrogen) atoms. The molecule has 0 saturated carbocycles. The normalized spacial score (nSPS) is 11.9. The number of urea groups is 1. The minimum Gasteiger partial charge on any atom is -0.334 e. The van der Waals surface area contributed by atoms with Crippen LogP contribution >= 0.6 is 22.9 Å². The molecule has 1 atom stereocenters. The van der Waals surface area contributed by atoms with Crippen molar-refractivity contribution in [2.75, 3.05) is 7.05 Å². The molecule has 0 spiro atoms. The summed E-state index contributed by atoms with van der Waals surface area (Å²) in [6.07, 6.45) is 0. The van der Waals surface area contributed by atoms with Crippen molar-refractivity contribution < 1.29 is 4.79 Å². The zero-order chi connectivity index (χ0) is 14.5. The fourth-order valence-corrected chi connectivity index (χ4v) is 2.88. The van der Waals surface area contributed by atoms with Crippen molar-refractivity contribution in [2.24, 2.45) is 0 Å². The molecule has 0 saturated heterocycles. The van der Waals surface area contributed by atoms with E-state index in [1.54, 1.807) is 23.3 Å². The highest BCUT2D eigenvalue weighted by molar-refractivity contribution is 7.10. The molecule has 106 valence electrons. The van der Waals surface area contributed by atoms with E-state index in [-0.39, 0.29) is 12.1 Å². The van der Waals surface area contributed by atoms with Crippen molar-refractivity contribution in [3.05, 3.63) is 57.2 Å². The molecule has 2 aromatic rings. The van der Waals surface area contributed by atoms with Crippen LogP contribution in [0.15, 0.2) is 41.8 Å². The second-order valence-corrected chi connectivity index (χ2v) is 6.01. The number of rotatable bonds is 4. The molecule has 0 fully saturated rings. The monoisotopic (exact) mass is 308 g/mol. The predicted molar refractivity (Wildman–Crippen MR) is 84.2 cm³/mol. The van der Waals surface area contributed by atoms with Gasteiger partial charge in [0.15, 0.2) is 0 Å². The van der Waals surface area contributed by atoms with E-state index in [1.165, 1.54) is 4.88 Å². The molecule has 3 nitrogen and oxygen atoms in total. The third kappa shape index (κ3) is 3.74. The topological polar surface area (TPSA) is 32.3 Å². The van der Waals surface area contributed by atoms with Gasteiger partial charge in [0.25, 0.3) is 0 Å². The van der Waals surface area contributed by atoms with E-state index >= 15 is 0 Å². The van der Waals surface area contributed by atoms with E-state index in [0.717, 1.165) is 5.56 Å². The average molecular weight is 309 g/mol. The molecule has 2 amide bonds. The Labute approximate surface area is 128 Å². The Bertz CT molecular complexity index is 571. The largest absolute Gasteiger partial charge is 0.334 e. The van der Waals surface area contributed by atoms with Crippen LogP contribution < -0.4 is 5.32 Å². The number of halogens is 1. The second kappa shape index (κ2) is 6.77. The highest BCUT2D eigenvalue weighted by Crippen LogP contribution is 2.23. The van der Waals surface area contributed by atoms with Crippen LogP contribution in [0.4, 0.5) is 4.79 Å². The number of hydrogen-bond donors (Lipinski definition) is 1. The molecule has 0 aliphatic heterocycles. The van der Waals surface area contributed by atoms with E-state index in [1.807, 2.05) is 48.7 Å². The van der Waals surface area contributed by atoms with Crippen molar-refractivity contribution in [1.82, 2.24) is 10.2 Å². The Kier molecular flexibility index (Phi) is 5.04. The van der Waals surface area contributed by atoms with Gasteiger partial charge >= 0.3 is 6.03 Å². The summed E-state index contributed by atoms with van der Waals surface area (Å²) in [4.78, 5) is 15.0. The van der Waals surface area contributed by atoms with Gasteiger partial charge in [0.1, 0.15) is 0 Å². The maximum atomic E-state index is 12.1. The van der Waals surface area contributed by atoms with Crippen LogP contribution in [0.5, 0.6) is 0 Å². The fraction of sp³-hybridized carbons (Fsp3) is 0.267. The smallest absolute Gasteiger partial charge is 0.317 e. The Morgan fingerprint density at radius 3 is 2.85 bits per heavy atom. The van der Waals surface area contributed by atoms with Gasteiger partial charge in [-0.25, -0.2) is 4.79 Å². The summed E-state index contributed by atoms with van der Waals surface area (Å²) >= 11 is 7.57. The maximum absolute atomic E-state index is 12.1. The predicted octanol–water partition coefficient (Wildman–Crippen LogP) is 4.30. The van der Waals surface area contributed by atoms with Gasteiger partial charge in [-0.1, -0.05) is 29.8 Å². The minimum atomic E-state index is -0.0918. The number of thiophene rings is 1. The number of benzene rings is 1. The van der Waals surface area contributed by atoms with Gasteiger partial charge in [0.2, 0.25) is 0 Å². The van der Waals surface area contributed by atoms with Crippen LogP contribution in [-0.2, 0) is 6.54 Å². The zero-order valence-corrected chi connectivity index (χ0v) is 13.0. The summed E-state index contributed by atoms with van der Waals surface area (Å²) in [5, 5.41) is 5.60. The van der Waals surface area contributed by atoms with Crippen LogP contribution in [0.25, 0.3) is 0 Å². The molecule has 0 aliphatic carbocycles. The van der Waals surface area contributed by atoms with Crippen LogP contribution in [0.2, 0.25) is 5.02 Å². The first kappa shape index (κ1) is 14.9. The number of nitrogens with one attached hydrogen (secondary N) is 1. The first-order valence-corrected chi connectivity index (χ1v) is 7.62. The standard InChI is InChI=1S/C15H17ClN2OS/c1-11(14-7-4-8-20-14)18(2)15(19)17-10-12-5-3-6-13(16)9-12/h3-9,11H,10H2,1-2H3,(H,17,19). The summed E-state index contributed by atoms with van der Waals surface area (Å²) in [5.41, 5.74) is 0.989. The van der Waals surface area contributed by atoms with Crippen molar-refractivity contribution in [2.45, 2.75) is 19.5 Å². The van der Waals surface area contributed by atoms with Crippen LogP contribution in [0.1, 0.15) is 23.4 Å². The Morgan fingerprint density at radius 1 is 1.40 bits per heavy atom. The molecule has 2 rings (SSSR count). The molecule has 1 aromatic heterocycles. The molecule has 0 aliphatic rings. The molecule has 1 heterocycles. The van der Waals surface area contributed by atoms with Gasteiger partial charge in [0, 0.05) is 23.5 Å². The molecule has 1 unspecified atom stereocenters. The van der Waals surface area contributed by atoms with Gasteiger partial charge in [-0.15, -0.1) is 11.3 Å². The minimum absolute atomic E-state index is 0.0642. The lowest BCUT2D eigenvalue weighted by molar-refractivity contribution is 0.194. The van der Waals surface area contributed by atoms with E-state index in [9.17, 15) is 4.79 Å². The third-order valence-electron chi connectivity index (χ3n) is 3.19. The first-order chi connectivity index (χ1) is 9.58. The summed E-state index contributed by atoms with van der Waals surface area (Å²) in [7, 11) is 1.80. The van der Waals surface area contributed by atoms with Gasteiger partial charge in [-0.2, -0.15) is 0 Å². The lowest BCUT2D eigenvalue weighted by Crippen LogP contribution is -2.38. The van der Waals surface area contributed by atoms with Crippen LogP contribution in [0, 0.1) is 0 Å². The van der Waals surface area contributed by atoms with Crippen molar-refractivity contribution >= 4 is 29.0 Å². The van der Waals surface area contributed by atoms with Gasteiger partial charge in [-0.05, 0) is 36.1 Å². The number of hydrogen-bond acceptors (Lipinski definition) is 2. The summed E-state index contributed by atoms with van der Waals surface area (Å²) in [6.45, 7) is 2.49. The highest BCUT2D eigenvalue weighted by atomic mass is 35.5. The van der Waals surface area contributed by atoms with Gasteiger partial charge < -0.3 is 10.2 Å². The maximum Gasteiger partial charge on any atom is 0.317 e. The zero-order valence-electron chi connectivity index (χ0n) is 11.5. The van der Waals surface area contributed by atoms with E-state index < -0.39 is 0 Å². The summed E-state index contributed by atoms with van der Waals surface area (Å²) < 4.78 is 0. The number of nitrogens with zero attached hydrogens (tertiary/aromatic N) is 1. The van der Waals surface area contributed by atoms with E-state index in [4.69, 9.17) is 11.6 Å². The lowest BCUT2D eigenvalue weighted by atomic mass is 10.2. The number of carbonyl (C=O) groups excluding carboxylic acids is 1. The van der Waals surface area contributed by atoms with Crippen LogP contribution in [-0.4, -0.2) is 18.0 Å². The molecule has 1 N–H and O–H groups in total. The average Bonchev–Trinajstić information content (AvgIpc) is 2.97. The number of amides is 2. The lowest BCUT2D eigenvalue weighted by Gasteiger charge is -2.24.